The van der Waals surface area contributed by atoms with E-state index < -0.39 is 12.1 Å². The second-order valence-electron chi connectivity index (χ2n) is 4.71. The van der Waals surface area contributed by atoms with Gasteiger partial charge in [-0.15, -0.1) is 0 Å². The number of carbonyl (C=O) groups excluding carboxylic acids is 1. The maximum absolute atomic E-state index is 10.9. The van der Waals surface area contributed by atoms with Crippen molar-refractivity contribution >= 4 is 11.6 Å². The van der Waals surface area contributed by atoms with Gasteiger partial charge in [-0.25, -0.2) is 0 Å². The minimum absolute atomic E-state index is 0.105. The molecular formula is C14H22N2O2. The molecule has 4 nitrogen and oxygen atoms in total. The lowest BCUT2D eigenvalue weighted by Crippen LogP contribution is -2.31. The molecule has 4 heteroatoms. The summed E-state index contributed by atoms with van der Waals surface area (Å²) in [5.74, 6) is 0.0571. The van der Waals surface area contributed by atoms with Crippen LogP contribution in [0.4, 0.5) is 5.69 Å². The average Bonchev–Trinajstić information content (AvgIpc) is 2.36. The van der Waals surface area contributed by atoms with Crippen molar-refractivity contribution in [3.05, 3.63) is 29.8 Å². The van der Waals surface area contributed by atoms with Gasteiger partial charge in [0.1, 0.15) is 0 Å². The third kappa shape index (κ3) is 3.82. The molecule has 4 N–H and O–H groups in total. The summed E-state index contributed by atoms with van der Waals surface area (Å²) >= 11 is 0. The summed E-state index contributed by atoms with van der Waals surface area (Å²) in [5.41, 5.74) is 7.63. The molecule has 0 fully saturated rings. The van der Waals surface area contributed by atoms with Crippen molar-refractivity contribution in [2.24, 2.45) is 11.7 Å². The predicted octanol–water partition coefficient (Wildman–Crippen LogP) is 2.05. The Bertz CT molecular complexity index is 389. The van der Waals surface area contributed by atoms with Crippen LogP contribution >= 0.6 is 0 Å². The summed E-state index contributed by atoms with van der Waals surface area (Å²) in [7, 11) is 0. The molecule has 1 aromatic carbocycles. The lowest BCUT2D eigenvalue weighted by molar-refractivity contribution is -0.114. The number of benzene rings is 1. The van der Waals surface area contributed by atoms with E-state index in [4.69, 9.17) is 5.73 Å². The Kier molecular flexibility index (Phi) is 5.31. The number of aliphatic hydroxyl groups is 1. The third-order valence-corrected chi connectivity index (χ3v) is 3.21. The molecule has 1 amide bonds. The largest absolute Gasteiger partial charge is 0.391 e. The number of rotatable bonds is 5. The first kappa shape index (κ1) is 14.7. The van der Waals surface area contributed by atoms with Gasteiger partial charge < -0.3 is 16.2 Å². The SMILES string of the molecule is CCC(C)[C@@H](O)[C@@H](N)c1ccc(NC(C)=O)cc1. The summed E-state index contributed by atoms with van der Waals surface area (Å²) < 4.78 is 0. The first-order valence-corrected chi connectivity index (χ1v) is 6.27. The van der Waals surface area contributed by atoms with Gasteiger partial charge in [-0.3, -0.25) is 4.79 Å². The number of amides is 1. The highest BCUT2D eigenvalue weighted by Crippen LogP contribution is 2.22. The van der Waals surface area contributed by atoms with Gasteiger partial charge in [-0.05, 0) is 23.6 Å². The topological polar surface area (TPSA) is 75.3 Å². The Hall–Kier alpha value is -1.39. The van der Waals surface area contributed by atoms with E-state index in [2.05, 4.69) is 5.32 Å². The van der Waals surface area contributed by atoms with Gasteiger partial charge in [0, 0.05) is 12.6 Å². The van der Waals surface area contributed by atoms with Crippen LogP contribution in [0, 0.1) is 5.92 Å². The molecule has 0 saturated heterocycles. The van der Waals surface area contributed by atoms with Gasteiger partial charge in [-0.1, -0.05) is 32.4 Å². The fourth-order valence-corrected chi connectivity index (χ4v) is 1.78. The number of carbonyl (C=O) groups is 1. The van der Waals surface area contributed by atoms with Gasteiger partial charge in [0.2, 0.25) is 5.91 Å². The zero-order valence-corrected chi connectivity index (χ0v) is 11.2. The Labute approximate surface area is 108 Å². The molecule has 1 rings (SSSR count). The first-order chi connectivity index (χ1) is 8.45. The number of hydrogen-bond donors (Lipinski definition) is 3. The monoisotopic (exact) mass is 250 g/mol. The van der Waals surface area contributed by atoms with E-state index in [0.29, 0.717) is 0 Å². The van der Waals surface area contributed by atoms with Crippen molar-refractivity contribution < 1.29 is 9.90 Å². The van der Waals surface area contributed by atoms with Crippen molar-refractivity contribution in [2.75, 3.05) is 5.32 Å². The number of nitrogens with two attached hydrogens (primary N) is 1. The summed E-state index contributed by atoms with van der Waals surface area (Å²) in [4.78, 5) is 10.9. The van der Waals surface area contributed by atoms with Crippen molar-refractivity contribution in [2.45, 2.75) is 39.3 Å². The smallest absolute Gasteiger partial charge is 0.221 e. The highest BCUT2D eigenvalue weighted by atomic mass is 16.3. The molecule has 0 aliphatic heterocycles. The van der Waals surface area contributed by atoms with Crippen molar-refractivity contribution in [1.82, 2.24) is 0 Å². The average molecular weight is 250 g/mol. The lowest BCUT2D eigenvalue weighted by atomic mass is 9.91. The van der Waals surface area contributed by atoms with Crippen LogP contribution in [-0.2, 0) is 4.79 Å². The van der Waals surface area contributed by atoms with Gasteiger partial charge in [0.05, 0.1) is 12.1 Å². The summed E-state index contributed by atoms with van der Waals surface area (Å²) in [5, 5.41) is 12.8. The minimum Gasteiger partial charge on any atom is -0.391 e. The van der Waals surface area contributed by atoms with Crippen LogP contribution in [0.2, 0.25) is 0 Å². The van der Waals surface area contributed by atoms with Gasteiger partial charge >= 0.3 is 0 Å². The Morgan fingerprint density at radius 3 is 2.39 bits per heavy atom. The Morgan fingerprint density at radius 1 is 1.39 bits per heavy atom. The van der Waals surface area contributed by atoms with E-state index in [9.17, 15) is 9.90 Å². The molecule has 0 saturated carbocycles. The second-order valence-corrected chi connectivity index (χ2v) is 4.71. The summed E-state index contributed by atoms with van der Waals surface area (Å²) in [6.45, 7) is 5.48. The van der Waals surface area contributed by atoms with E-state index in [0.717, 1.165) is 17.7 Å². The Balaban J connectivity index is 2.75. The molecule has 0 aliphatic carbocycles. The minimum atomic E-state index is -0.554. The quantitative estimate of drug-likeness (QED) is 0.748. The van der Waals surface area contributed by atoms with Crippen LogP contribution in [0.1, 0.15) is 38.8 Å². The number of aliphatic hydroxyl groups excluding tert-OH is 1. The summed E-state index contributed by atoms with van der Waals surface area (Å²) in [6, 6.07) is 6.86. The number of nitrogens with one attached hydrogen (secondary N) is 1. The van der Waals surface area contributed by atoms with Crippen molar-refractivity contribution in [3.63, 3.8) is 0 Å². The maximum atomic E-state index is 10.9. The molecule has 3 atom stereocenters. The fraction of sp³-hybridized carbons (Fsp3) is 0.500. The maximum Gasteiger partial charge on any atom is 0.221 e. The van der Waals surface area contributed by atoms with Crippen LogP contribution < -0.4 is 11.1 Å². The normalized spacial score (nSPS) is 15.8. The van der Waals surface area contributed by atoms with Crippen LogP contribution in [0.5, 0.6) is 0 Å². The number of hydrogen-bond acceptors (Lipinski definition) is 3. The molecule has 0 bridgehead atoms. The lowest BCUT2D eigenvalue weighted by Gasteiger charge is -2.24. The Morgan fingerprint density at radius 2 is 1.94 bits per heavy atom. The molecule has 1 aromatic rings. The van der Waals surface area contributed by atoms with Gasteiger partial charge in [0.25, 0.3) is 0 Å². The zero-order chi connectivity index (χ0) is 13.7. The fourth-order valence-electron chi connectivity index (χ4n) is 1.78. The number of anilines is 1. The zero-order valence-electron chi connectivity index (χ0n) is 11.2. The van der Waals surface area contributed by atoms with Crippen molar-refractivity contribution in [3.8, 4) is 0 Å². The molecule has 0 aromatic heterocycles. The second kappa shape index (κ2) is 6.52. The van der Waals surface area contributed by atoms with Gasteiger partial charge in [-0.2, -0.15) is 0 Å². The molecule has 1 unspecified atom stereocenters. The molecule has 0 aliphatic rings. The third-order valence-electron chi connectivity index (χ3n) is 3.21. The van der Waals surface area contributed by atoms with E-state index in [-0.39, 0.29) is 11.8 Å². The van der Waals surface area contributed by atoms with Gasteiger partial charge in [0.15, 0.2) is 0 Å². The predicted molar refractivity (Wildman–Crippen MR) is 73.1 cm³/mol. The van der Waals surface area contributed by atoms with Crippen molar-refractivity contribution in [1.29, 1.82) is 0 Å². The standard InChI is InChI=1S/C14H22N2O2/c1-4-9(2)14(18)13(15)11-5-7-12(8-6-11)16-10(3)17/h5-9,13-14,18H,4,15H2,1-3H3,(H,16,17)/t9?,13-,14+/m0/s1. The van der Waals surface area contributed by atoms with Crippen LogP contribution in [-0.4, -0.2) is 17.1 Å². The summed E-state index contributed by atoms with van der Waals surface area (Å²) in [6.07, 6.45) is 0.334. The first-order valence-electron chi connectivity index (χ1n) is 6.27. The van der Waals surface area contributed by atoms with Crippen LogP contribution in [0.15, 0.2) is 24.3 Å². The van der Waals surface area contributed by atoms with E-state index in [1.165, 1.54) is 6.92 Å². The van der Waals surface area contributed by atoms with E-state index >= 15 is 0 Å². The molecular weight excluding hydrogens is 228 g/mol. The molecule has 100 valence electrons. The molecule has 0 heterocycles. The van der Waals surface area contributed by atoms with E-state index in [1.807, 2.05) is 26.0 Å². The molecule has 18 heavy (non-hydrogen) atoms. The molecule has 0 spiro atoms. The van der Waals surface area contributed by atoms with Crippen LogP contribution in [0.3, 0.4) is 0 Å². The molecule has 0 radical (unpaired) electrons. The highest BCUT2D eigenvalue weighted by Gasteiger charge is 2.21. The van der Waals surface area contributed by atoms with Crippen LogP contribution in [0.25, 0.3) is 0 Å². The van der Waals surface area contributed by atoms with E-state index in [1.54, 1.807) is 12.1 Å². The highest BCUT2D eigenvalue weighted by molar-refractivity contribution is 5.88.